The number of rotatable bonds is 6. The summed E-state index contributed by atoms with van der Waals surface area (Å²) in [6.45, 7) is 5.89. The quantitative estimate of drug-likeness (QED) is 0.635. The molecule has 0 saturated carbocycles. The van der Waals surface area contributed by atoms with E-state index in [0.717, 1.165) is 22.4 Å². The second kappa shape index (κ2) is 8.38. The fraction of sp³-hybridized carbons (Fsp3) is 0.300. The molecule has 0 heterocycles. The average Bonchev–Trinajstić information content (AvgIpc) is 2.66. The first-order valence-electron chi connectivity index (χ1n) is 8.13. The van der Waals surface area contributed by atoms with Gasteiger partial charge in [0.15, 0.2) is 11.5 Å². The number of amides is 1. The molecular weight excluding hydrogens is 332 g/mol. The van der Waals surface area contributed by atoms with Crippen LogP contribution in [0, 0.1) is 13.8 Å². The number of hydrazone groups is 1. The molecule has 2 aromatic carbocycles. The average molecular weight is 356 g/mol. The van der Waals surface area contributed by atoms with Gasteiger partial charge in [0, 0.05) is 11.1 Å². The minimum absolute atomic E-state index is 0.358. The van der Waals surface area contributed by atoms with Crippen LogP contribution in [-0.4, -0.2) is 32.9 Å². The van der Waals surface area contributed by atoms with E-state index in [1.165, 1.54) is 21.3 Å². The Kier molecular flexibility index (Phi) is 6.22. The van der Waals surface area contributed by atoms with Gasteiger partial charge in [0.05, 0.1) is 27.0 Å². The summed E-state index contributed by atoms with van der Waals surface area (Å²) in [5.74, 6) is 0.884. The third kappa shape index (κ3) is 4.14. The smallest absolute Gasteiger partial charge is 0.271 e. The topological polar surface area (TPSA) is 69.2 Å². The lowest BCUT2D eigenvalue weighted by Gasteiger charge is -2.13. The van der Waals surface area contributed by atoms with Crippen LogP contribution in [0.2, 0.25) is 0 Å². The largest absolute Gasteiger partial charge is 0.493 e. The van der Waals surface area contributed by atoms with Gasteiger partial charge in [-0.3, -0.25) is 4.79 Å². The molecule has 1 N–H and O–H groups in total. The molecule has 26 heavy (non-hydrogen) atoms. The Labute approximate surface area is 153 Å². The zero-order valence-corrected chi connectivity index (χ0v) is 16.0. The Morgan fingerprint density at radius 2 is 1.58 bits per heavy atom. The third-order valence-electron chi connectivity index (χ3n) is 4.03. The molecule has 1 amide bonds. The number of benzene rings is 2. The molecule has 0 unspecified atom stereocenters. The van der Waals surface area contributed by atoms with Crippen LogP contribution in [0.5, 0.6) is 17.2 Å². The van der Waals surface area contributed by atoms with Gasteiger partial charge in [0.1, 0.15) is 0 Å². The van der Waals surface area contributed by atoms with Gasteiger partial charge >= 0.3 is 0 Å². The van der Waals surface area contributed by atoms with Crippen LogP contribution >= 0.6 is 0 Å². The van der Waals surface area contributed by atoms with Crippen molar-refractivity contribution in [3.8, 4) is 17.2 Å². The van der Waals surface area contributed by atoms with Crippen molar-refractivity contribution in [1.82, 2.24) is 5.43 Å². The first-order chi connectivity index (χ1) is 12.4. The number of hydrogen-bond acceptors (Lipinski definition) is 5. The van der Waals surface area contributed by atoms with Gasteiger partial charge in [-0.15, -0.1) is 0 Å². The van der Waals surface area contributed by atoms with E-state index >= 15 is 0 Å². The summed E-state index contributed by atoms with van der Waals surface area (Å²) in [6.07, 6.45) is 0. The van der Waals surface area contributed by atoms with E-state index in [-0.39, 0.29) is 5.91 Å². The first-order valence-corrected chi connectivity index (χ1v) is 8.13. The van der Waals surface area contributed by atoms with E-state index in [9.17, 15) is 4.79 Å². The van der Waals surface area contributed by atoms with Crippen molar-refractivity contribution in [2.24, 2.45) is 5.10 Å². The highest BCUT2D eigenvalue weighted by atomic mass is 16.5. The molecule has 0 fully saturated rings. The van der Waals surface area contributed by atoms with Crippen molar-refractivity contribution in [1.29, 1.82) is 0 Å². The fourth-order valence-electron chi connectivity index (χ4n) is 2.60. The van der Waals surface area contributed by atoms with Crippen molar-refractivity contribution in [2.45, 2.75) is 20.8 Å². The van der Waals surface area contributed by atoms with Crippen molar-refractivity contribution in [3.63, 3.8) is 0 Å². The first kappa shape index (κ1) is 19.3. The number of nitrogens with one attached hydrogen (secondary N) is 1. The van der Waals surface area contributed by atoms with Crippen molar-refractivity contribution in [2.75, 3.05) is 21.3 Å². The van der Waals surface area contributed by atoms with Crippen LogP contribution in [0.25, 0.3) is 0 Å². The van der Waals surface area contributed by atoms with E-state index in [1.807, 2.05) is 39.0 Å². The SMILES string of the molecule is COc1cc(C(=O)N/N=C(\C)c2cc(C)ccc2C)cc(OC)c1OC. The Bertz CT molecular complexity index is 819. The highest BCUT2D eigenvalue weighted by Gasteiger charge is 2.17. The number of carbonyl (C=O) groups is 1. The molecule has 0 atom stereocenters. The number of hydrogen-bond donors (Lipinski definition) is 1. The van der Waals surface area contributed by atoms with Crippen LogP contribution in [-0.2, 0) is 0 Å². The van der Waals surface area contributed by atoms with Gasteiger partial charge in [-0.1, -0.05) is 17.7 Å². The van der Waals surface area contributed by atoms with Gasteiger partial charge in [-0.2, -0.15) is 5.10 Å². The van der Waals surface area contributed by atoms with Crippen LogP contribution in [0.4, 0.5) is 0 Å². The Morgan fingerprint density at radius 1 is 0.962 bits per heavy atom. The van der Waals surface area contributed by atoms with Gasteiger partial charge in [-0.25, -0.2) is 5.43 Å². The summed E-state index contributed by atoms with van der Waals surface area (Å²) in [7, 11) is 4.52. The van der Waals surface area contributed by atoms with Crippen molar-refractivity contribution < 1.29 is 19.0 Å². The Balaban J connectivity index is 2.28. The van der Waals surface area contributed by atoms with Crippen LogP contribution in [0.15, 0.2) is 35.4 Å². The fourth-order valence-corrected chi connectivity index (χ4v) is 2.60. The predicted octanol–water partition coefficient (Wildman–Crippen LogP) is 3.48. The zero-order chi connectivity index (χ0) is 19.3. The molecule has 2 aromatic rings. The molecule has 138 valence electrons. The van der Waals surface area contributed by atoms with Gasteiger partial charge in [-0.05, 0) is 44.5 Å². The highest BCUT2D eigenvalue weighted by Crippen LogP contribution is 2.38. The highest BCUT2D eigenvalue weighted by molar-refractivity contribution is 6.02. The number of methoxy groups -OCH3 is 3. The van der Waals surface area contributed by atoms with E-state index < -0.39 is 0 Å². The summed E-state index contributed by atoms with van der Waals surface area (Å²) >= 11 is 0. The number of ether oxygens (including phenoxy) is 3. The molecule has 0 saturated heterocycles. The van der Waals surface area contributed by atoms with Crippen LogP contribution in [0.1, 0.15) is 34.0 Å². The van der Waals surface area contributed by atoms with Gasteiger partial charge in [0.2, 0.25) is 5.75 Å². The lowest BCUT2D eigenvalue weighted by atomic mass is 10.0. The number of aryl methyl sites for hydroxylation is 2. The van der Waals surface area contributed by atoms with Gasteiger partial charge < -0.3 is 14.2 Å². The molecule has 0 bridgehead atoms. The second-order valence-corrected chi connectivity index (χ2v) is 5.87. The van der Waals surface area contributed by atoms with Crippen LogP contribution < -0.4 is 19.6 Å². The zero-order valence-electron chi connectivity index (χ0n) is 16.0. The van der Waals surface area contributed by atoms with E-state index in [2.05, 4.69) is 10.5 Å². The minimum Gasteiger partial charge on any atom is -0.493 e. The predicted molar refractivity (Wildman–Crippen MR) is 102 cm³/mol. The van der Waals surface area contributed by atoms with Gasteiger partial charge in [0.25, 0.3) is 5.91 Å². The molecule has 0 aliphatic carbocycles. The third-order valence-corrected chi connectivity index (χ3v) is 4.03. The maximum absolute atomic E-state index is 12.5. The molecule has 0 spiro atoms. The summed E-state index contributed by atoms with van der Waals surface area (Å²) < 4.78 is 15.8. The molecule has 0 aliphatic rings. The summed E-state index contributed by atoms with van der Waals surface area (Å²) in [6, 6.07) is 9.28. The van der Waals surface area contributed by atoms with E-state index in [0.29, 0.717) is 22.8 Å². The monoisotopic (exact) mass is 356 g/mol. The maximum Gasteiger partial charge on any atom is 0.271 e. The lowest BCUT2D eigenvalue weighted by Crippen LogP contribution is -2.20. The number of nitrogens with zero attached hydrogens (tertiary/aromatic N) is 1. The molecule has 6 heteroatoms. The minimum atomic E-state index is -0.367. The standard InChI is InChI=1S/C20H24N2O4/c1-12-7-8-13(2)16(9-12)14(3)21-22-20(23)15-10-17(24-4)19(26-6)18(11-15)25-5/h7-11H,1-6H3,(H,22,23)/b21-14+. The summed E-state index contributed by atoms with van der Waals surface area (Å²) in [5, 5.41) is 4.23. The van der Waals surface area contributed by atoms with Crippen molar-refractivity contribution in [3.05, 3.63) is 52.6 Å². The molecule has 0 aliphatic heterocycles. The van der Waals surface area contributed by atoms with Crippen molar-refractivity contribution >= 4 is 11.6 Å². The molecular formula is C20H24N2O4. The normalized spacial score (nSPS) is 11.1. The van der Waals surface area contributed by atoms with E-state index in [4.69, 9.17) is 14.2 Å². The van der Waals surface area contributed by atoms with E-state index in [1.54, 1.807) is 12.1 Å². The molecule has 0 radical (unpaired) electrons. The second-order valence-electron chi connectivity index (χ2n) is 5.87. The summed E-state index contributed by atoms with van der Waals surface area (Å²) in [4.78, 5) is 12.5. The maximum atomic E-state index is 12.5. The molecule has 6 nitrogen and oxygen atoms in total. The Hall–Kier alpha value is -3.02. The number of carbonyl (C=O) groups excluding carboxylic acids is 1. The Morgan fingerprint density at radius 3 is 2.12 bits per heavy atom. The summed E-state index contributed by atoms with van der Waals surface area (Å²) in [5.41, 5.74) is 6.90. The molecule has 0 aromatic heterocycles. The van der Waals surface area contributed by atoms with Crippen LogP contribution in [0.3, 0.4) is 0 Å². The molecule has 2 rings (SSSR count). The lowest BCUT2D eigenvalue weighted by molar-refractivity contribution is 0.0954.